The quantitative estimate of drug-likeness (QED) is 0.694. The van der Waals surface area contributed by atoms with Gasteiger partial charge in [-0.15, -0.1) is 6.58 Å². The molecule has 3 heteroatoms. The predicted molar refractivity (Wildman–Crippen MR) is 52.1 cm³/mol. The van der Waals surface area contributed by atoms with E-state index in [1.165, 1.54) is 0 Å². The molecule has 0 spiro atoms. The zero-order chi connectivity index (χ0) is 9.90. The molecule has 13 heavy (non-hydrogen) atoms. The maximum Gasteiger partial charge on any atom is 0.112 e. The minimum absolute atomic E-state index is 0.131. The van der Waals surface area contributed by atoms with Crippen LogP contribution >= 0.6 is 0 Å². The summed E-state index contributed by atoms with van der Waals surface area (Å²) in [5, 5.41) is 10.3. The third kappa shape index (κ3) is 1.80. The van der Waals surface area contributed by atoms with Gasteiger partial charge in [-0.25, -0.2) is 4.98 Å². The van der Waals surface area contributed by atoms with Gasteiger partial charge in [0.05, 0.1) is 18.2 Å². The van der Waals surface area contributed by atoms with E-state index in [-0.39, 0.29) is 5.92 Å². The van der Waals surface area contributed by atoms with Gasteiger partial charge in [0.15, 0.2) is 0 Å². The van der Waals surface area contributed by atoms with E-state index in [4.69, 9.17) is 0 Å². The molecule has 0 aliphatic rings. The molecule has 2 N–H and O–H groups in total. The number of aromatic amines is 1. The van der Waals surface area contributed by atoms with Crippen LogP contribution in [0.4, 0.5) is 0 Å². The number of aromatic nitrogens is 2. The number of nitrogens with one attached hydrogen (secondary N) is 1. The summed E-state index contributed by atoms with van der Waals surface area (Å²) in [5.74, 6) is 0.131. The highest BCUT2D eigenvalue weighted by atomic mass is 16.3. The van der Waals surface area contributed by atoms with Crippen molar-refractivity contribution in [2.24, 2.45) is 5.92 Å². The second-order valence-electron chi connectivity index (χ2n) is 3.54. The summed E-state index contributed by atoms with van der Waals surface area (Å²) in [6.45, 7) is 7.60. The monoisotopic (exact) mass is 180 g/mol. The van der Waals surface area contributed by atoms with Crippen LogP contribution < -0.4 is 0 Å². The summed E-state index contributed by atoms with van der Waals surface area (Å²) in [6.07, 6.45) is 5.49. The first-order valence-electron chi connectivity index (χ1n) is 4.43. The fraction of sp³-hybridized carbons (Fsp3) is 0.500. The van der Waals surface area contributed by atoms with Crippen molar-refractivity contribution < 1.29 is 5.11 Å². The van der Waals surface area contributed by atoms with Gasteiger partial charge in [0, 0.05) is 0 Å². The standard InChI is InChI=1S/C10H16N2O/c1-4-5-10(13,8(2)3)9-6-11-7-12-9/h4,6-8,13H,1,5H2,2-3H3,(H,11,12). The van der Waals surface area contributed by atoms with Crippen molar-refractivity contribution in [1.82, 2.24) is 9.97 Å². The lowest BCUT2D eigenvalue weighted by atomic mass is 9.84. The van der Waals surface area contributed by atoms with Gasteiger partial charge in [0.1, 0.15) is 5.60 Å². The zero-order valence-corrected chi connectivity index (χ0v) is 8.12. The van der Waals surface area contributed by atoms with Crippen molar-refractivity contribution in [3.63, 3.8) is 0 Å². The fourth-order valence-corrected chi connectivity index (χ4v) is 1.37. The van der Waals surface area contributed by atoms with Crippen LogP contribution in [0.1, 0.15) is 26.0 Å². The maximum atomic E-state index is 10.3. The van der Waals surface area contributed by atoms with E-state index in [2.05, 4.69) is 16.5 Å². The number of rotatable bonds is 4. The maximum absolute atomic E-state index is 10.3. The Kier molecular flexibility index (Phi) is 2.88. The molecule has 1 aromatic rings. The summed E-state index contributed by atoms with van der Waals surface area (Å²) < 4.78 is 0. The number of nitrogens with zero attached hydrogens (tertiary/aromatic N) is 1. The van der Waals surface area contributed by atoms with Gasteiger partial charge in [0.25, 0.3) is 0 Å². The first kappa shape index (κ1) is 9.99. The van der Waals surface area contributed by atoms with Crippen molar-refractivity contribution in [1.29, 1.82) is 0 Å². The van der Waals surface area contributed by atoms with Crippen LogP contribution in [0.3, 0.4) is 0 Å². The number of hydrogen-bond donors (Lipinski definition) is 2. The molecule has 0 aromatic carbocycles. The summed E-state index contributed by atoms with van der Waals surface area (Å²) >= 11 is 0. The molecule has 0 radical (unpaired) electrons. The molecule has 1 aromatic heterocycles. The Morgan fingerprint density at radius 1 is 1.77 bits per heavy atom. The normalized spacial score (nSPS) is 15.7. The Morgan fingerprint density at radius 2 is 2.46 bits per heavy atom. The Morgan fingerprint density at radius 3 is 2.85 bits per heavy atom. The molecule has 1 unspecified atom stereocenters. The van der Waals surface area contributed by atoms with Crippen LogP contribution in [0.5, 0.6) is 0 Å². The molecule has 1 rings (SSSR count). The number of aliphatic hydroxyl groups is 1. The topological polar surface area (TPSA) is 48.9 Å². The summed E-state index contributed by atoms with van der Waals surface area (Å²) in [5.41, 5.74) is -0.111. The predicted octanol–water partition coefficient (Wildman–Crippen LogP) is 1.83. The molecule has 1 heterocycles. The molecule has 0 aliphatic heterocycles. The van der Waals surface area contributed by atoms with Gasteiger partial charge >= 0.3 is 0 Å². The van der Waals surface area contributed by atoms with Gasteiger partial charge in [-0.1, -0.05) is 19.9 Å². The molecule has 0 saturated heterocycles. The second-order valence-corrected chi connectivity index (χ2v) is 3.54. The van der Waals surface area contributed by atoms with E-state index in [0.717, 1.165) is 5.69 Å². The number of imidazole rings is 1. The van der Waals surface area contributed by atoms with E-state index in [0.29, 0.717) is 6.42 Å². The highest BCUT2D eigenvalue weighted by molar-refractivity contribution is 5.11. The lowest BCUT2D eigenvalue weighted by molar-refractivity contribution is -0.0110. The Labute approximate surface area is 78.5 Å². The molecular formula is C10H16N2O. The van der Waals surface area contributed by atoms with Gasteiger partial charge in [-0.2, -0.15) is 0 Å². The lowest BCUT2D eigenvalue weighted by Gasteiger charge is -2.29. The summed E-state index contributed by atoms with van der Waals surface area (Å²) in [6, 6.07) is 0. The third-order valence-electron chi connectivity index (χ3n) is 2.38. The van der Waals surface area contributed by atoms with Gasteiger partial charge < -0.3 is 10.1 Å². The van der Waals surface area contributed by atoms with Crippen molar-refractivity contribution in [3.8, 4) is 0 Å². The van der Waals surface area contributed by atoms with Crippen LogP contribution in [0, 0.1) is 5.92 Å². The second kappa shape index (κ2) is 3.75. The molecule has 0 bridgehead atoms. The SMILES string of the molecule is C=CCC(O)(c1cnc[nH]1)C(C)C. The average Bonchev–Trinajstić information content (AvgIpc) is 2.56. The number of H-pyrrole nitrogens is 1. The van der Waals surface area contributed by atoms with Crippen molar-refractivity contribution in [2.45, 2.75) is 25.9 Å². The minimum atomic E-state index is -0.863. The molecular weight excluding hydrogens is 164 g/mol. The Bertz CT molecular complexity index is 266. The summed E-state index contributed by atoms with van der Waals surface area (Å²) in [7, 11) is 0. The van der Waals surface area contributed by atoms with Crippen LogP contribution in [-0.2, 0) is 5.60 Å². The Balaban J connectivity index is 2.97. The molecule has 0 aliphatic carbocycles. The average molecular weight is 180 g/mol. The highest BCUT2D eigenvalue weighted by Crippen LogP contribution is 2.31. The molecule has 0 saturated carbocycles. The van der Waals surface area contributed by atoms with Crippen LogP contribution in [0.2, 0.25) is 0 Å². The van der Waals surface area contributed by atoms with Crippen molar-refractivity contribution >= 4 is 0 Å². The van der Waals surface area contributed by atoms with E-state index in [1.54, 1.807) is 18.6 Å². The minimum Gasteiger partial charge on any atom is -0.383 e. The summed E-state index contributed by atoms with van der Waals surface area (Å²) in [4.78, 5) is 6.84. The molecule has 3 nitrogen and oxygen atoms in total. The van der Waals surface area contributed by atoms with E-state index < -0.39 is 5.60 Å². The first-order chi connectivity index (χ1) is 6.11. The largest absolute Gasteiger partial charge is 0.383 e. The van der Waals surface area contributed by atoms with Crippen LogP contribution in [0.25, 0.3) is 0 Å². The Hall–Kier alpha value is -1.09. The fourth-order valence-electron chi connectivity index (χ4n) is 1.37. The zero-order valence-electron chi connectivity index (χ0n) is 8.12. The number of hydrogen-bond acceptors (Lipinski definition) is 2. The van der Waals surface area contributed by atoms with Crippen molar-refractivity contribution in [2.75, 3.05) is 0 Å². The molecule has 0 fully saturated rings. The van der Waals surface area contributed by atoms with Crippen LogP contribution in [-0.4, -0.2) is 15.1 Å². The van der Waals surface area contributed by atoms with Gasteiger partial charge in [-0.3, -0.25) is 0 Å². The van der Waals surface area contributed by atoms with Crippen LogP contribution in [0.15, 0.2) is 25.2 Å². The lowest BCUT2D eigenvalue weighted by Crippen LogP contribution is -2.31. The van der Waals surface area contributed by atoms with E-state index in [1.807, 2.05) is 13.8 Å². The first-order valence-corrected chi connectivity index (χ1v) is 4.43. The van der Waals surface area contributed by atoms with Gasteiger partial charge in [0.2, 0.25) is 0 Å². The molecule has 0 amide bonds. The van der Waals surface area contributed by atoms with E-state index in [9.17, 15) is 5.11 Å². The highest BCUT2D eigenvalue weighted by Gasteiger charge is 2.32. The van der Waals surface area contributed by atoms with Crippen molar-refractivity contribution in [3.05, 3.63) is 30.9 Å². The van der Waals surface area contributed by atoms with Gasteiger partial charge in [-0.05, 0) is 12.3 Å². The molecule has 72 valence electrons. The third-order valence-corrected chi connectivity index (χ3v) is 2.38. The molecule has 1 atom stereocenters. The van der Waals surface area contributed by atoms with E-state index >= 15 is 0 Å². The smallest absolute Gasteiger partial charge is 0.112 e.